The van der Waals surface area contributed by atoms with Crippen LogP contribution in [0.5, 0.6) is 0 Å². The molecular weight excluding hydrogens is 234 g/mol. The third-order valence-corrected chi connectivity index (χ3v) is 4.55. The van der Waals surface area contributed by atoms with Gasteiger partial charge < -0.3 is 5.73 Å². The van der Waals surface area contributed by atoms with Crippen molar-refractivity contribution in [3.05, 3.63) is 29.6 Å². The first-order chi connectivity index (χ1) is 9.04. The maximum absolute atomic E-state index is 6.45. The molecule has 3 heteroatoms. The Morgan fingerprint density at radius 2 is 2.00 bits per heavy atom. The number of nitrogens with two attached hydrogens (primary N) is 1. The van der Waals surface area contributed by atoms with Crippen LogP contribution in [0.25, 0.3) is 0 Å². The Bertz CT molecular complexity index is 391. The highest BCUT2D eigenvalue weighted by molar-refractivity contribution is 5.15. The van der Waals surface area contributed by atoms with E-state index in [9.17, 15) is 0 Å². The zero-order valence-corrected chi connectivity index (χ0v) is 12.5. The molecule has 1 aromatic rings. The van der Waals surface area contributed by atoms with Crippen LogP contribution in [-0.4, -0.2) is 34.6 Å². The average Bonchev–Trinajstić information content (AvgIpc) is 2.94. The standard InChI is InChI=1S/C16H27N3/c1-4-13-7-8-14(18-12-13)11-15(17)16(2,3)19-9-5-6-10-19/h7-8,12,15H,4-6,9-11,17H2,1-3H3. The maximum atomic E-state index is 6.45. The fourth-order valence-corrected chi connectivity index (χ4v) is 2.79. The molecule has 2 heterocycles. The first kappa shape index (κ1) is 14.5. The second-order valence-corrected chi connectivity index (χ2v) is 6.17. The molecule has 0 aliphatic carbocycles. The van der Waals surface area contributed by atoms with Gasteiger partial charge in [-0.1, -0.05) is 13.0 Å². The number of nitrogens with zero attached hydrogens (tertiary/aromatic N) is 2. The summed E-state index contributed by atoms with van der Waals surface area (Å²) in [7, 11) is 0. The van der Waals surface area contributed by atoms with Crippen molar-refractivity contribution in [3.63, 3.8) is 0 Å². The molecule has 1 aliphatic rings. The van der Waals surface area contributed by atoms with Gasteiger partial charge in [0.2, 0.25) is 0 Å². The van der Waals surface area contributed by atoms with Gasteiger partial charge in [-0.05, 0) is 57.8 Å². The number of likely N-dealkylation sites (tertiary alicyclic amines) is 1. The molecule has 0 amide bonds. The molecule has 3 nitrogen and oxygen atoms in total. The summed E-state index contributed by atoms with van der Waals surface area (Å²) in [6, 6.07) is 4.42. The van der Waals surface area contributed by atoms with Gasteiger partial charge in [-0.3, -0.25) is 9.88 Å². The number of pyridine rings is 1. The molecule has 1 saturated heterocycles. The smallest absolute Gasteiger partial charge is 0.0419 e. The minimum atomic E-state index is 0.0572. The van der Waals surface area contributed by atoms with Crippen LogP contribution in [0.1, 0.15) is 44.9 Å². The van der Waals surface area contributed by atoms with E-state index in [1.807, 2.05) is 6.20 Å². The number of hydrogen-bond acceptors (Lipinski definition) is 3. The van der Waals surface area contributed by atoms with Crippen LogP contribution in [0.15, 0.2) is 18.3 Å². The van der Waals surface area contributed by atoms with Crippen molar-refractivity contribution in [1.29, 1.82) is 0 Å². The highest BCUT2D eigenvalue weighted by atomic mass is 15.2. The molecule has 1 aromatic heterocycles. The van der Waals surface area contributed by atoms with E-state index >= 15 is 0 Å². The van der Waals surface area contributed by atoms with Crippen LogP contribution >= 0.6 is 0 Å². The Hall–Kier alpha value is -0.930. The highest BCUT2D eigenvalue weighted by Crippen LogP contribution is 2.24. The van der Waals surface area contributed by atoms with Crippen molar-refractivity contribution in [2.75, 3.05) is 13.1 Å². The van der Waals surface area contributed by atoms with Gasteiger partial charge in [0.15, 0.2) is 0 Å². The van der Waals surface area contributed by atoms with E-state index < -0.39 is 0 Å². The van der Waals surface area contributed by atoms with Crippen molar-refractivity contribution in [2.45, 2.75) is 58.0 Å². The van der Waals surface area contributed by atoms with Gasteiger partial charge in [0.05, 0.1) is 0 Å². The summed E-state index contributed by atoms with van der Waals surface area (Å²) in [4.78, 5) is 7.06. The molecule has 0 radical (unpaired) electrons. The fraction of sp³-hybridized carbons (Fsp3) is 0.688. The maximum Gasteiger partial charge on any atom is 0.0419 e. The van der Waals surface area contributed by atoms with Gasteiger partial charge in [0.25, 0.3) is 0 Å². The van der Waals surface area contributed by atoms with Crippen LogP contribution in [0.2, 0.25) is 0 Å². The zero-order valence-electron chi connectivity index (χ0n) is 12.5. The minimum Gasteiger partial charge on any atom is -0.326 e. The molecule has 1 fully saturated rings. The van der Waals surface area contributed by atoms with Crippen molar-refractivity contribution in [3.8, 4) is 0 Å². The van der Waals surface area contributed by atoms with Gasteiger partial charge in [0.1, 0.15) is 0 Å². The first-order valence-corrected chi connectivity index (χ1v) is 7.48. The summed E-state index contributed by atoms with van der Waals surface area (Å²) >= 11 is 0. The Balaban J connectivity index is 2.00. The molecule has 2 N–H and O–H groups in total. The van der Waals surface area contributed by atoms with Crippen molar-refractivity contribution < 1.29 is 0 Å². The van der Waals surface area contributed by atoms with E-state index in [2.05, 4.69) is 42.8 Å². The predicted octanol–water partition coefficient (Wildman–Crippen LogP) is 2.39. The topological polar surface area (TPSA) is 42.1 Å². The quantitative estimate of drug-likeness (QED) is 0.885. The molecule has 2 rings (SSSR count). The van der Waals surface area contributed by atoms with E-state index in [0.29, 0.717) is 0 Å². The summed E-state index contributed by atoms with van der Waals surface area (Å²) in [5, 5.41) is 0. The van der Waals surface area contributed by atoms with Gasteiger partial charge in [-0.25, -0.2) is 0 Å². The second kappa shape index (κ2) is 6.02. The monoisotopic (exact) mass is 261 g/mol. The van der Waals surface area contributed by atoms with Crippen LogP contribution in [-0.2, 0) is 12.8 Å². The van der Waals surface area contributed by atoms with E-state index in [4.69, 9.17) is 5.73 Å². The third-order valence-electron chi connectivity index (χ3n) is 4.55. The van der Waals surface area contributed by atoms with Crippen LogP contribution in [0, 0.1) is 0 Å². The lowest BCUT2D eigenvalue weighted by molar-refractivity contribution is 0.123. The number of rotatable bonds is 5. The summed E-state index contributed by atoms with van der Waals surface area (Å²) in [6.45, 7) is 9.05. The van der Waals surface area contributed by atoms with Gasteiger partial charge >= 0.3 is 0 Å². The van der Waals surface area contributed by atoms with Crippen LogP contribution in [0.4, 0.5) is 0 Å². The lowest BCUT2D eigenvalue weighted by Gasteiger charge is -2.40. The third kappa shape index (κ3) is 3.34. The molecule has 0 aromatic carbocycles. The Morgan fingerprint density at radius 1 is 1.32 bits per heavy atom. The van der Waals surface area contributed by atoms with E-state index in [0.717, 1.165) is 18.5 Å². The molecule has 1 unspecified atom stereocenters. The summed E-state index contributed by atoms with van der Waals surface area (Å²) in [5.74, 6) is 0. The highest BCUT2D eigenvalue weighted by Gasteiger charge is 2.34. The van der Waals surface area contributed by atoms with Gasteiger partial charge in [0, 0.05) is 29.9 Å². The Morgan fingerprint density at radius 3 is 2.53 bits per heavy atom. The van der Waals surface area contributed by atoms with E-state index in [-0.39, 0.29) is 11.6 Å². The van der Waals surface area contributed by atoms with Crippen LogP contribution < -0.4 is 5.73 Å². The molecule has 0 spiro atoms. The molecule has 1 atom stereocenters. The molecule has 0 bridgehead atoms. The van der Waals surface area contributed by atoms with Gasteiger partial charge in [-0.15, -0.1) is 0 Å². The second-order valence-electron chi connectivity index (χ2n) is 6.17. The largest absolute Gasteiger partial charge is 0.326 e. The Labute approximate surface area is 117 Å². The summed E-state index contributed by atoms with van der Waals surface area (Å²) < 4.78 is 0. The SMILES string of the molecule is CCc1ccc(CC(N)C(C)(C)N2CCCC2)nc1. The molecular formula is C16H27N3. The number of aromatic nitrogens is 1. The van der Waals surface area contributed by atoms with E-state index in [1.165, 1.54) is 31.5 Å². The molecule has 0 saturated carbocycles. The van der Waals surface area contributed by atoms with Crippen molar-refractivity contribution in [1.82, 2.24) is 9.88 Å². The lowest BCUT2D eigenvalue weighted by Crippen LogP contribution is -2.56. The van der Waals surface area contributed by atoms with E-state index in [1.54, 1.807) is 0 Å². The number of aryl methyl sites for hydroxylation is 1. The summed E-state index contributed by atoms with van der Waals surface area (Å²) in [6.07, 6.45) is 6.48. The fourth-order valence-electron chi connectivity index (χ4n) is 2.79. The van der Waals surface area contributed by atoms with Crippen LogP contribution in [0.3, 0.4) is 0 Å². The Kier molecular flexibility index (Phi) is 4.58. The normalized spacial score (nSPS) is 18.7. The van der Waals surface area contributed by atoms with Crippen molar-refractivity contribution in [2.24, 2.45) is 5.73 Å². The van der Waals surface area contributed by atoms with Gasteiger partial charge in [-0.2, -0.15) is 0 Å². The lowest BCUT2D eigenvalue weighted by atomic mass is 9.89. The molecule has 19 heavy (non-hydrogen) atoms. The molecule has 106 valence electrons. The predicted molar refractivity (Wildman–Crippen MR) is 80.2 cm³/mol. The number of hydrogen-bond donors (Lipinski definition) is 1. The van der Waals surface area contributed by atoms with Crippen molar-refractivity contribution >= 4 is 0 Å². The molecule has 1 aliphatic heterocycles. The average molecular weight is 261 g/mol. The first-order valence-electron chi connectivity index (χ1n) is 7.48. The summed E-state index contributed by atoms with van der Waals surface area (Å²) in [5.41, 5.74) is 8.91. The zero-order chi connectivity index (χ0) is 13.9. The minimum absolute atomic E-state index is 0.0572.